The Morgan fingerprint density at radius 2 is 1.93 bits per heavy atom. The number of nitrogens with zero attached hydrogens (tertiary/aromatic N) is 6. The maximum Gasteiger partial charge on any atom is 0.412 e. The molecule has 0 saturated heterocycles. The number of hydrogen-bond acceptors (Lipinski definition) is 7. The summed E-state index contributed by atoms with van der Waals surface area (Å²) in [6, 6.07) is 13.2. The number of anilines is 1. The van der Waals surface area contributed by atoms with Crippen LogP contribution in [0.1, 0.15) is 30.7 Å². The molecule has 0 fully saturated rings. The summed E-state index contributed by atoms with van der Waals surface area (Å²) in [6.45, 7) is 1.33. The van der Waals surface area contributed by atoms with Gasteiger partial charge in [-0.15, -0.1) is 10.2 Å². The molecule has 0 saturated carbocycles. The van der Waals surface area contributed by atoms with Crippen LogP contribution in [0.3, 0.4) is 0 Å². The topological polar surface area (TPSA) is 123 Å². The van der Waals surface area contributed by atoms with E-state index in [4.69, 9.17) is 16.3 Å². The summed E-state index contributed by atoms with van der Waals surface area (Å²) < 4.78 is 21.3. The van der Waals surface area contributed by atoms with E-state index in [0.29, 0.717) is 36.8 Å². The molecule has 13 heteroatoms. The third-order valence-electron chi connectivity index (χ3n) is 7.53. The Kier molecular flexibility index (Phi) is 9.45. The number of aromatic nitrogens is 4. The number of benzene rings is 2. The number of amides is 3. The molecular formula is C30H31ClFN7O4. The van der Waals surface area contributed by atoms with E-state index >= 15 is 0 Å². The zero-order valence-electron chi connectivity index (χ0n) is 23.6. The van der Waals surface area contributed by atoms with E-state index in [1.807, 2.05) is 28.8 Å². The lowest BCUT2D eigenvalue weighted by atomic mass is 10.1. The molecule has 0 radical (unpaired) electrons. The van der Waals surface area contributed by atoms with E-state index in [2.05, 4.69) is 20.5 Å². The predicted octanol–water partition coefficient (Wildman–Crippen LogP) is 4.45. The van der Waals surface area contributed by atoms with Crippen LogP contribution in [0.15, 0.2) is 61.1 Å². The van der Waals surface area contributed by atoms with Gasteiger partial charge in [-0.05, 0) is 35.9 Å². The molecule has 0 bridgehead atoms. The Morgan fingerprint density at radius 3 is 2.77 bits per heavy atom. The summed E-state index contributed by atoms with van der Waals surface area (Å²) in [4.78, 5) is 46.4. The summed E-state index contributed by atoms with van der Waals surface area (Å²) in [5.41, 5.74) is 0.520. The van der Waals surface area contributed by atoms with Crippen LogP contribution >= 0.6 is 11.6 Å². The average Bonchev–Trinajstić information content (AvgIpc) is 3.49. The third kappa shape index (κ3) is 7.44. The second-order valence-corrected chi connectivity index (χ2v) is 10.7. The molecule has 43 heavy (non-hydrogen) atoms. The number of ether oxygens (including phenoxy) is 1. The van der Waals surface area contributed by atoms with Gasteiger partial charge in [0.05, 0.1) is 17.6 Å². The van der Waals surface area contributed by atoms with Crippen LogP contribution < -0.4 is 5.32 Å². The Bertz CT molecular complexity index is 1630. The van der Waals surface area contributed by atoms with E-state index in [9.17, 15) is 18.8 Å². The summed E-state index contributed by atoms with van der Waals surface area (Å²) in [5.74, 6) is 0.125. The number of halogens is 2. The molecule has 0 spiro atoms. The fourth-order valence-electron chi connectivity index (χ4n) is 4.94. The molecule has 0 aliphatic carbocycles. The van der Waals surface area contributed by atoms with Crippen LogP contribution in [0.4, 0.5) is 15.0 Å². The van der Waals surface area contributed by atoms with Gasteiger partial charge in [0.15, 0.2) is 5.82 Å². The molecule has 5 rings (SSSR count). The van der Waals surface area contributed by atoms with Gasteiger partial charge in [0.1, 0.15) is 24.6 Å². The van der Waals surface area contributed by atoms with Crippen LogP contribution in [-0.4, -0.2) is 73.7 Å². The largest absolute Gasteiger partial charge is 0.447 e. The summed E-state index contributed by atoms with van der Waals surface area (Å²) in [6.07, 6.45) is 3.23. The number of hydrogen-bond donors (Lipinski definition) is 1. The number of rotatable bonds is 10. The van der Waals surface area contributed by atoms with Crippen LogP contribution in [0, 0.1) is 5.82 Å². The van der Waals surface area contributed by atoms with Crippen molar-refractivity contribution in [2.45, 2.75) is 44.8 Å². The number of nitrogens with one attached hydrogen (secondary N) is 1. The second kappa shape index (κ2) is 13.6. The molecule has 1 aliphatic rings. The van der Waals surface area contributed by atoms with Gasteiger partial charge in [-0.2, -0.15) is 0 Å². The number of pyridine rings is 1. The summed E-state index contributed by atoms with van der Waals surface area (Å²) in [5, 5.41) is 12.4. The molecule has 224 valence electrons. The highest BCUT2D eigenvalue weighted by atomic mass is 35.5. The first kappa shape index (κ1) is 29.9. The van der Waals surface area contributed by atoms with E-state index in [1.54, 1.807) is 42.7 Å². The molecule has 0 unspecified atom stereocenters. The lowest BCUT2D eigenvalue weighted by Crippen LogP contribution is -2.43. The number of carbonyl (C=O) groups is 3. The lowest BCUT2D eigenvalue weighted by Gasteiger charge is -2.30. The Balaban J connectivity index is 1.21. The smallest absolute Gasteiger partial charge is 0.412 e. The highest BCUT2D eigenvalue weighted by Crippen LogP contribution is 2.22. The molecular weight excluding hydrogens is 577 g/mol. The number of carbonyl (C=O) groups excluding carboxylic acids is 3. The minimum Gasteiger partial charge on any atom is -0.447 e. The van der Waals surface area contributed by atoms with Crippen LogP contribution in [0.2, 0.25) is 5.02 Å². The van der Waals surface area contributed by atoms with Crippen molar-refractivity contribution in [2.24, 2.45) is 0 Å². The molecule has 1 atom stereocenters. The van der Waals surface area contributed by atoms with Gasteiger partial charge in [0.25, 0.3) is 0 Å². The maximum absolute atomic E-state index is 13.9. The summed E-state index contributed by atoms with van der Waals surface area (Å²) in [7, 11) is 1.60. The van der Waals surface area contributed by atoms with Crippen molar-refractivity contribution >= 4 is 46.1 Å². The van der Waals surface area contributed by atoms with E-state index in [-0.39, 0.29) is 49.1 Å². The highest BCUT2D eigenvalue weighted by molar-refractivity contribution is 6.31. The lowest BCUT2D eigenvalue weighted by molar-refractivity contribution is -0.136. The molecule has 1 N–H and O–H groups in total. The van der Waals surface area contributed by atoms with Crippen LogP contribution in [0.25, 0.3) is 10.8 Å². The molecule has 2 aromatic heterocycles. The Morgan fingerprint density at radius 1 is 1.12 bits per heavy atom. The molecule has 3 amide bonds. The maximum atomic E-state index is 13.9. The predicted molar refractivity (Wildman–Crippen MR) is 158 cm³/mol. The van der Waals surface area contributed by atoms with Crippen molar-refractivity contribution in [3.8, 4) is 0 Å². The fraction of sp³-hybridized carbons (Fsp3) is 0.333. The average molecular weight is 608 g/mol. The van der Waals surface area contributed by atoms with Gasteiger partial charge in [-0.1, -0.05) is 48.0 Å². The number of fused-ring (bicyclic) bond motifs is 2. The van der Waals surface area contributed by atoms with Crippen molar-refractivity contribution in [1.29, 1.82) is 0 Å². The first-order valence-corrected chi connectivity index (χ1v) is 14.3. The quantitative estimate of drug-likeness (QED) is 0.283. The molecule has 3 heterocycles. The minimum atomic E-state index is -0.734. The summed E-state index contributed by atoms with van der Waals surface area (Å²) >= 11 is 6.06. The van der Waals surface area contributed by atoms with Crippen molar-refractivity contribution in [3.63, 3.8) is 0 Å². The Hall–Kier alpha value is -4.58. The fourth-order valence-corrected chi connectivity index (χ4v) is 5.16. The highest BCUT2D eigenvalue weighted by Gasteiger charge is 2.26. The van der Waals surface area contributed by atoms with Crippen LogP contribution in [-0.2, 0) is 33.8 Å². The van der Waals surface area contributed by atoms with Crippen molar-refractivity contribution in [3.05, 3.63) is 83.3 Å². The monoisotopic (exact) mass is 607 g/mol. The number of likely N-dealkylation sites (N-methyl/N-ethyl adjacent to an activating group) is 1. The van der Waals surface area contributed by atoms with Gasteiger partial charge in [-0.3, -0.25) is 14.9 Å². The van der Waals surface area contributed by atoms with Gasteiger partial charge in [-0.25, -0.2) is 14.2 Å². The zero-order chi connectivity index (χ0) is 30.3. The standard InChI is InChI=1S/C30H31ClFN7O4/c1-37(27(40)11-9-20-7-4-8-24(32)29(20)31)23(10-12-28(41)38-13-14-39-19-34-36-26(39)17-38)18-43-30(42)35-25-15-21-5-2-3-6-22(21)16-33-25/h2-8,15-16,19,23H,9-14,17-18H2,1H3,(H,33,35,42)/t23-/m0/s1. The van der Waals surface area contributed by atoms with Gasteiger partial charge in [0, 0.05) is 44.6 Å². The van der Waals surface area contributed by atoms with E-state index < -0.39 is 18.0 Å². The van der Waals surface area contributed by atoms with Crippen molar-refractivity contribution in [1.82, 2.24) is 29.5 Å². The van der Waals surface area contributed by atoms with Crippen LogP contribution in [0.5, 0.6) is 0 Å². The van der Waals surface area contributed by atoms with Gasteiger partial charge < -0.3 is 19.1 Å². The molecule has 11 nitrogen and oxygen atoms in total. The first-order chi connectivity index (χ1) is 20.8. The third-order valence-corrected chi connectivity index (χ3v) is 7.96. The van der Waals surface area contributed by atoms with E-state index in [1.165, 1.54) is 11.0 Å². The van der Waals surface area contributed by atoms with Crippen molar-refractivity contribution < 1.29 is 23.5 Å². The van der Waals surface area contributed by atoms with Gasteiger partial charge in [0.2, 0.25) is 11.8 Å². The SMILES string of the molecule is CN(C(=O)CCc1cccc(F)c1Cl)[C@@H](CCC(=O)N1CCn2cnnc2C1)COC(=O)Nc1cc2ccccc2cn1. The Labute approximate surface area is 252 Å². The van der Waals surface area contributed by atoms with E-state index in [0.717, 1.165) is 10.8 Å². The normalized spacial score (nSPS) is 13.3. The zero-order valence-corrected chi connectivity index (χ0v) is 24.3. The van der Waals surface area contributed by atoms with Crippen molar-refractivity contribution in [2.75, 3.05) is 25.5 Å². The molecule has 2 aromatic carbocycles. The number of aryl methyl sites for hydroxylation is 1. The molecule has 4 aromatic rings. The van der Waals surface area contributed by atoms with Gasteiger partial charge >= 0.3 is 6.09 Å². The molecule has 1 aliphatic heterocycles. The second-order valence-electron chi connectivity index (χ2n) is 10.3. The minimum absolute atomic E-state index is 0.0141. The first-order valence-electron chi connectivity index (χ1n) is 13.9.